The summed E-state index contributed by atoms with van der Waals surface area (Å²) in [6.45, 7) is 0.641. The predicted molar refractivity (Wildman–Crippen MR) is 113 cm³/mol. The fraction of sp³-hybridized carbons (Fsp3) is 0.391. The lowest BCUT2D eigenvalue weighted by Gasteiger charge is -2.22. The molecular weight excluding hydrogens is 386 g/mol. The van der Waals surface area contributed by atoms with Crippen LogP contribution in [0.3, 0.4) is 0 Å². The number of benzene rings is 2. The second-order valence-corrected chi connectivity index (χ2v) is 7.35. The van der Waals surface area contributed by atoms with E-state index in [1.54, 1.807) is 12.1 Å². The second kappa shape index (κ2) is 11.8. The summed E-state index contributed by atoms with van der Waals surface area (Å²) in [4.78, 5) is 24.5. The maximum absolute atomic E-state index is 11.9. The van der Waals surface area contributed by atoms with E-state index < -0.39 is 18.0 Å². The number of aliphatic carboxylic acids is 1. The van der Waals surface area contributed by atoms with E-state index in [-0.39, 0.29) is 25.2 Å². The maximum Gasteiger partial charge on any atom is 0.306 e. The number of esters is 1. The molecular formula is C23H29NO6. The van der Waals surface area contributed by atoms with Crippen LogP contribution >= 0.6 is 0 Å². The highest BCUT2D eigenvalue weighted by Gasteiger charge is 2.18. The second-order valence-electron chi connectivity index (χ2n) is 7.35. The van der Waals surface area contributed by atoms with Crippen LogP contribution in [0.2, 0.25) is 0 Å². The highest BCUT2D eigenvalue weighted by molar-refractivity contribution is 5.76. The number of nitrogens with zero attached hydrogens (tertiary/aromatic N) is 1. The van der Waals surface area contributed by atoms with Crippen molar-refractivity contribution >= 4 is 11.9 Å². The molecule has 0 aromatic heterocycles. The van der Waals surface area contributed by atoms with E-state index in [1.165, 1.54) is 0 Å². The van der Waals surface area contributed by atoms with Gasteiger partial charge >= 0.3 is 11.9 Å². The number of aryl methyl sites for hydroxylation is 2. The van der Waals surface area contributed by atoms with Crippen molar-refractivity contribution in [2.75, 3.05) is 27.2 Å². The van der Waals surface area contributed by atoms with E-state index in [0.29, 0.717) is 6.54 Å². The van der Waals surface area contributed by atoms with Crippen LogP contribution < -0.4 is 4.74 Å². The van der Waals surface area contributed by atoms with Crippen LogP contribution in [0.5, 0.6) is 11.5 Å². The highest BCUT2D eigenvalue weighted by Crippen LogP contribution is 2.21. The molecule has 0 aliphatic heterocycles. The third-order valence-corrected chi connectivity index (χ3v) is 4.43. The molecule has 2 rings (SSSR count). The molecule has 0 aliphatic rings. The quantitative estimate of drug-likeness (QED) is 0.515. The lowest BCUT2D eigenvalue weighted by atomic mass is 10.0. The number of carboxylic acid groups (broad SMARTS) is 1. The molecule has 0 saturated heterocycles. The van der Waals surface area contributed by atoms with Crippen LogP contribution in [0.25, 0.3) is 0 Å². The minimum absolute atomic E-state index is 0.164. The summed E-state index contributed by atoms with van der Waals surface area (Å²) in [6.07, 6.45) is 0.632. The molecule has 162 valence electrons. The topological polar surface area (TPSA) is 96.3 Å². The number of para-hydroxylation sites is 1. The molecule has 7 heteroatoms. The van der Waals surface area contributed by atoms with Gasteiger partial charge in [0.1, 0.15) is 24.2 Å². The minimum atomic E-state index is -1.03. The maximum atomic E-state index is 11.9. The van der Waals surface area contributed by atoms with Crippen molar-refractivity contribution in [3.8, 4) is 11.5 Å². The monoisotopic (exact) mass is 415 g/mol. The Kier molecular flexibility index (Phi) is 9.15. The lowest BCUT2D eigenvalue weighted by Crippen LogP contribution is -2.35. The molecule has 2 N–H and O–H groups in total. The number of ether oxygens (including phenoxy) is 2. The zero-order chi connectivity index (χ0) is 21.9. The normalized spacial score (nSPS) is 11.8. The molecule has 0 saturated carbocycles. The third-order valence-electron chi connectivity index (χ3n) is 4.43. The van der Waals surface area contributed by atoms with Crippen molar-refractivity contribution in [1.82, 2.24) is 4.90 Å². The number of aromatic hydroxyl groups is 1. The largest absolute Gasteiger partial charge is 0.508 e. The summed E-state index contributed by atoms with van der Waals surface area (Å²) >= 11 is 0. The number of hydrogen-bond donors (Lipinski definition) is 2. The molecule has 2 aromatic carbocycles. The molecule has 1 atom stereocenters. The average molecular weight is 415 g/mol. The predicted octanol–water partition coefficient (Wildman–Crippen LogP) is 2.89. The summed E-state index contributed by atoms with van der Waals surface area (Å²) in [7, 11) is 3.73. The Hall–Kier alpha value is -3.06. The van der Waals surface area contributed by atoms with Gasteiger partial charge in [0.05, 0.1) is 12.8 Å². The minimum Gasteiger partial charge on any atom is -0.508 e. The van der Waals surface area contributed by atoms with Gasteiger partial charge in [0.15, 0.2) is 0 Å². The number of rotatable bonds is 12. The molecule has 7 nitrogen and oxygen atoms in total. The van der Waals surface area contributed by atoms with Gasteiger partial charge < -0.3 is 24.6 Å². The number of phenols is 1. The zero-order valence-corrected chi connectivity index (χ0v) is 17.4. The highest BCUT2D eigenvalue weighted by atomic mass is 16.6. The van der Waals surface area contributed by atoms with Crippen LogP contribution in [-0.4, -0.2) is 60.4 Å². The number of hydrogen-bond acceptors (Lipinski definition) is 6. The Labute approximate surface area is 176 Å². The van der Waals surface area contributed by atoms with Crippen molar-refractivity contribution in [2.24, 2.45) is 0 Å². The smallest absolute Gasteiger partial charge is 0.306 e. The van der Waals surface area contributed by atoms with Gasteiger partial charge in [-0.1, -0.05) is 30.3 Å². The number of phenolic OH excluding ortho intramolecular Hbond substituents is 1. The molecule has 0 fully saturated rings. The van der Waals surface area contributed by atoms with Gasteiger partial charge in [-0.05, 0) is 56.3 Å². The Bertz CT molecular complexity index is 819. The summed E-state index contributed by atoms with van der Waals surface area (Å²) in [5.74, 6) is -0.614. The molecule has 0 radical (unpaired) electrons. The van der Waals surface area contributed by atoms with E-state index in [1.807, 2.05) is 55.4 Å². The van der Waals surface area contributed by atoms with E-state index in [2.05, 4.69) is 0 Å². The van der Waals surface area contributed by atoms with Crippen LogP contribution in [-0.2, 0) is 27.2 Å². The van der Waals surface area contributed by atoms with Crippen molar-refractivity contribution < 1.29 is 29.3 Å². The zero-order valence-electron chi connectivity index (χ0n) is 17.4. The Morgan fingerprint density at radius 2 is 1.70 bits per heavy atom. The third kappa shape index (κ3) is 8.53. The van der Waals surface area contributed by atoms with Crippen molar-refractivity contribution in [2.45, 2.75) is 31.8 Å². The Morgan fingerprint density at radius 1 is 1.00 bits per heavy atom. The van der Waals surface area contributed by atoms with Gasteiger partial charge in [0.25, 0.3) is 0 Å². The van der Waals surface area contributed by atoms with Gasteiger partial charge in [-0.25, -0.2) is 0 Å². The molecule has 30 heavy (non-hydrogen) atoms. The first kappa shape index (κ1) is 23.2. The summed E-state index contributed by atoms with van der Waals surface area (Å²) < 4.78 is 11.4. The van der Waals surface area contributed by atoms with Gasteiger partial charge in [0.2, 0.25) is 0 Å². The van der Waals surface area contributed by atoms with E-state index in [4.69, 9.17) is 14.6 Å². The molecule has 0 bridgehead atoms. The molecule has 0 spiro atoms. The molecule has 0 amide bonds. The fourth-order valence-corrected chi connectivity index (χ4v) is 2.96. The van der Waals surface area contributed by atoms with Crippen LogP contribution in [0.4, 0.5) is 0 Å². The lowest BCUT2D eigenvalue weighted by molar-refractivity contribution is -0.153. The summed E-state index contributed by atoms with van der Waals surface area (Å²) in [6, 6.07) is 14.8. The van der Waals surface area contributed by atoms with Crippen molar-refractivity contribution in [3.63, 3.8) is 0 Å². The first-order valence-electron chi connectivity index (χ1n) is 9.88. The van der Waals surface area contributed by atoms with Gasteiger partial charge in [-0.15, -0.1) is 0 Å². The first-order valence-corrected chi connectivity index (χ1v) is 9.88. The van der Waals surface area contributed by atoms with Crippen molar-refractivity contribution in [1.29, 1.82) is 0 Å². The molecule has 2 aromatic rings. The molecule has 1 unspecified atom stereocenters. The van der Waals surface area contributed by atoms with E-state index in [9.17, 15) is 14.7 Å². The summed E-state index contributed by atoms with van der Waals surface area (Å²) in [5.41, 5.74) is 2.15. The summed E-state index contributed by atoms with van der Waals surface area (Å²) in [5, 5.41) is 18.1. The van der Waals surface area contributed by atoms with Gasteiger partial charge in [-0.2, -0.15) is 0 Å². The van der Waals surface area contributed by atoms with E-state index >= 15 is 0 Å². The van der Waals surface area contributed by atoms with Crippen LogP contribution in [0.1, 0.15) is 24.0 Å². The fourth-order valence-electron chi connectivity index (χ4n) is 2.96. The number of carboxylic acids is 1. The number of likely N-dealkylation sites (N-methyl/N-ethyl adjacent to an activating group) is 1. The average Bonchev–Trinajstić information content (AvgIpc) is 2.70. The molecule has 0 aliphatic carbocycles. The first-order chi connectivity index (χ1) is 14.3. The van der Waals surface area contributed by atoms with Crippen LogP contribution in [0, 0.1) is 0 Å². The standard InChI is InChI=1S/C23H29NO6/c1-24(2)15-20(30-23(28)14-13-22(26)27)16-29-21-6-4-3-5-18(21)10-7-17-8-11-19(25)12-9-17/h3-6,8-9,11-12,20,25H,7,10,13-16H2,1-2H3,(H,26,27). The number of carbonyl (C=O) groups is 2. The van der Waals surface area contributed by atoms with Gasteiger partial charge in [-0.3, -0.25) is 9.59 Å². The van der Waals surface area contributed by atoms with Crippen molar-refractivity contribution in [3.05, 3.63) is 59.7 Å². The Morgan fingerprint density at radius 3 is 2.37 bits per heavy atom. The van der Waals surface area contributed by atoms with Crippen LogP contribution in [0.15, 0.2) is 48.5 Å². The van der Waals surface area contributed by atoms with E-state index in [0.717, 1.165) is 29.7 Å². The molecule has 0 heterocycles. The Balaban J connectivity index is 1.96. The number of carbonyl (C=O) groups excluding carboxylic acids is 1. The SMILES string of the molecule is CN(C)CC(COc1ccccc1CCc1ccc(O)cc1)OC(=O)CCC(=O)O. The van der Waals surface area contributed by atoms with Gasteiger partial charge in [0, 0.05) is 6.54 Å².